The van der Waals surface area contributed by atoms with Gasteiger partial charge in [-0.05, 0) is 86.0 Å². The second-order valence-corrected chi connectivity index (χ2v) is 13.0. The highest BCUT2D eigenvalue weighted by Gasteiger charge is 2.42. The van der Waals surface area contributed by atoms with Crippen molar-refractivity contribution in [2.45, 2.75) is 33.0 Å². The topological polar surface area (TPSA) is 18.5 Å². The molecule has 0 bridgehead atoms. The van der Waals surface area contributed by atoms with E-state index < -0.39 is 98.3 Å². The van der Waals surface area contributed by atoms with Crippen molar-refractivity contribution in [1.82, 2.24) is 0 Å². The molecule has 0 saturated heterocycles. The molecule has 0 radical (unpaired) electrons. The van der Waals surface area contributed by atoms with E-state index in [9.17, 15) is 61.5 Å². The second-order valence-electron chi connectivity index (χ2n) is 12.1. The lowest BCUT2D eigenvalue weighted by Crippen LogP contribution is -2.25. The molecule has 0 aliphatic rings. The van der Waals surface area contributed by atoms with Crippen molar-refractivity contribution in [1.29, 1.82) is 0 Å². The number of hydrogen-bond donors (Lipinski definition) is 0. The fourth-order valence-corrected chi connectivity index (χ4v) is 5.27. The number of hydrogen-bond acceptors (Lipinski definition) is 2. The molecule has 0 unspecified atom stereocenters. The number of aryl methyl sites for hydroxylation is 1. The first-order valence-electron chi connectivity index (χ1n) is 16.2. The van der Waals surface area contributed by atoms with E-state index in [1.807, 2.05) is 13.0 Å². The summed E-state index contributed by atoms with van der Waals surface area (Å²) in [6, 6.07) is 15.6. The first-order chi connectivity index (χ1) is 27.0. The zero-order valence-corrected chi connectivity index (χ0v) is 31.3. The van der Waals surface area contributed by atoms with Gasteiger partial charge in [-0.1, -0.05) is 40.2 Å². The van der Waals surface area contributed by atoms with E-state index >= 15 is 0 Å². The Morgan fingerprint density at radius 3 is 1.12 bits per heavy atom. The average molecular weight is 896 g/mol. The van der Waals surface area contributed by atoms with Gasteiger partial charge in [-0.3, -0.25) is 0 Å². The smallest absolute Gasteiger partial charge is 0.429 e. The third-order valence-corrected chi connectivity index (χ3v) is 8.23. The molecule has 0 fully saturated rings. The van der Waals surface area contributed by atoms with Crippen LogP contribution in [0.25, 0.3) is 11.1 Å². The summed E-state index contributed by atoms with van der Waals surface area (Å²) in [7, 11) is 0. The Balaban J connectivity index is 0.000000219. The molecule has 58 heavy (non-hydrogen) atoms. The van der Waals surface area contributed by atoms with Crippen molar-refractivity contribution >= 4 is 15.9 Å². The Labute approximate surface area is 329 Å². The zero-order valence-electron chi connectivity index (χ0n) is 29.7. The fraction of sp³-hybridized carbons (Fsp3) is 0.122. The maximum atomic E-state index is 14.3. The lowest BCUT2D eigenvalue weighted by molar-refractivity contribution is -0.190. The molecule has 0 aromatic heterocycles. The van der Waals surface area contributed by atoms with Crippen LogP contribution in [-0.4, -0.2) is 0 Å². The third-order valence-electron chi connectivity index (χ3n) is 7.77. The average Bonchev–Trinajstić information content (AvgIpc) is 3.08. The molecule has 0 spiro atoms. The summed E-state index contributed by atoms with van der Waals surface area (Å²) in [5.74, 6) is -13.7. The monoisotopic (exact) mass is 894 g/mol. The summed E-state index contributed by atoms with van der Waals surface area (Å²) in [5, 5.41) is 0. The van der Waals surface area contributed by atoms with Crippen LogP contribution < -0.4 is 9.47 Å². The zero-order chi connectivity index (χ0) is 43.3. The van der Waals surface area contributed by atoms with Crippen LogP contribution in [-0.2, 0) is 12.2 Å². The Hall–Kier alpha value is -5.58. The van der Waals surface area contributed by atoms with E-state index in [0.29, 0.717) is 48.5 Å². The summed E-state index contributed by atoms with van der Waals surface area (Å²) in [5.41, 5.74) is -3.36. The van der Waals surface area contributed by atoms with Crippen molar-refractivity contribution in [3.63, 3.8) is 0 Å². The van der Waals surface area contributed by atoms with E-state index in [2.05, 4.69) is 25.4 Å². The van der Waals surface area contributed by atoms with Crippen LogP contribution in [0.15, 0.2) is 102 Å². The molecule has 2 nitrogen and oxygen atoms in total. The second kappa shape index (κ2) is 18.3. The molecule has 6 aromatic rings. The number of halogens is 15. The van der Waals surface area contributed by atoms with E-state index in [-0.39, 0.29) is 21.4 Å². The fourth-order valence-electron chi connectivity index (χ4n) is 4.87. The molecule has 6 rings (SSSR count). The Kier molecular flexibility index (Phi) is 14.3. The van der Waals surface area contributed by atoms with Gasteiger partial charge in [0.05, 0.1) is 0 Å². The van der Waals surface area contributed by atoms with Gasteiger partial charge in [0.25, 0.3) is 0 Å². The molecule has 0 aliphatic carbocycles. The number of ether oxygens (including phenoxy) is 2. The van der Waals surface area contributed by atoms with Crippen LogP contribution in [0.2, 0.25) is 0 Å². The van der Waals surface area contributed by atoms with Gasteiger partial charge in [-0.2, -0.15) is 17.6 Å². The standard InChI is InChI=1S/C20H11F7O.C14H7BrF6O.C7H7F/c1-10-15(22)8-14(9-16(10)23)28-20(26,27)19-17(24)6-12(7-18(19)25)11-3-2-4-13(21)5-11;1-6-9(16)4-8(5-10(6)17)22-14(20,21)13-11(18)2-7(15)3-12(13)19;1-6-3-2-4-7(8)5-6/h2-9H,1H3;2-5H,1H3;2-5H,1H3. The molecule has 0 saturated carbocycles. The normalized spacial score (nSPS) is 11.3. The third kappa shape index (κ3) is 11.3. The van der Waals surface area contributed by atoms with E-state index in [1.54, 1.807) is 6.07 Å². The van der Waals surface area contributed by atoms with Crippen molar-refractivity contribution in [3.05, 3.63) is 188 Å². The summed E-state index contributed by atoms with van der Waals surface area (Å²) in [6.07, 6.45) is -9.02. The molecular weight excluding hydrogens is 870 g/mol. The SMILES string of the molecule is Cc1c(F)cc(OC(F)(F)c2c(F)cc(-c3cccc(F)c3)cc2F)cc1F.Cc1c(F)cc(OC(F)(F)c2c(F)cc(Br)cc2F)cc1F.Cc1cccc(F)c1. The highest BCUT2D eigenvalue weighted by Crippen LogP contribution is 2.39. The molecular formula is C41H25BrF14O2. The Morgan fingerprint density at radius 1 is 0.414 bits per heavy atom. The summed E-state index contributed by atoms with van der Waals surface area (Å²) < 4.78 is 199. The predicted molar refractivity (Wildman–Crippen MR) is 188 cm³/mol. The van der Waals surface area contributed by atoms with Crippen LogP contribution in [0.3, 0.4) is 0 Å². The van der Waals surface area contributed by atoms with Gasteiger partial charge in [0.15, 0.2) is 0 Å². The number of rotatable bonds is 7. The lowest BCUT2D eigenvalue weighted by atomic mass is 10.0. The predicted octanol–water partition coefficient (Wildman–Crippen LogP) is 14.1. The van der Waals surface area contributed by atoms with Gasteiger partial charge >= 0.3 is 12.2 Å². The van der Waals surface area contributed by atoms with Crippen molar-refractivity contribution in [2.75, 3.05) is 0 Å². The molecule has 17 heteroatoms. The minimum absolute atomic E-state index is 0.0660. The first kappa shape index (κ1) is 45.1. The molecule has 0 atom stereocenters. The maximum Gasteiger partial charge on any atom is 0.432 e. The molecule has 306 valence electrons. The van der Waals surface area contributed by atoms with Gasteiger partial charge in [0.1, 0.15) is 80.8 Å². The number of alkyl halides is 4. The molecule has 6 aromatic carbocycles. The van der Waals surface area contributed by atoms with Crippen LogP contribution >= 0.6 is 15.9 Å². The van der Waals surface area contributed by atoms with Gasteiger partial charge in [0.2, 0.25) is 0 Å². The van der Waals surface area contributed by atoms with Gasteiger partial charge in [-0.25, -0.2) is 43.9 Å². The molecule has 0 aliphatic heterocycles. The van der Waals surface area contributed by atoms with Crippen LogP contribution in [0, 0.1) is 78.9 Å². The van der Waals surface area contributed by atoms with E-state index in [4.69, 9.17) is 0 Å². The Bertz CT molecular complexity index is 2330. The van der Waals surface area contributed by atoms with Gasteiger partial charge in [0, 0.05) is 39.9 Å². The molecule has 0 heterocycles. The van der Waals surface area contributed by atoms with Crippen LogP contribution in [0.4, 0.5) is 61.5 Å². The summed E-state index contributed by atoms with van der Waals surface area (Å²) in [4.78, 5) is 0. The van der Waals surface area contributed by atoms with Gasteiger partial charge < -0.3 is 9.47 Å². The minimum atomic E-state index is -4.57. The van der Waals surface area contributed by atoms with Gasteiger partial charge in [-0.15, -0.1) is 0 Å². The quantitative estimate of drug-likeness (QED) is 0.149. The van der Waals surface area contributed by atoms with Crippen molar-refractivity contribution < 1.29 is 70.9 Å². The summed E-state index contributed by atoms with van der Waals surface area (Å²) >= 11 is 2.74. The van der Waals surface area contributed by atoms with Crippen LogP contribution in [0.5, 0.6) is 11.5 Å². The summed E-state index contributed by atoms with van der Waals surface area (Å²) in [6.45, 7) is 4.04. The van der Waals surface area contributed by atoms with Crippen LogP contribution in [0.1, 0.15) is 27.8 Å². The van der Waals surface area contributed by atoms with E-state index in [1.165, 1.54) is 24.3 Å². The van der Waals surface area contributed by atoms with E-state index in [0.717, 1.165) is 31.5 Å². The maximum absolute atomic E-state index is 14.3. The Morgan fingerprint density at radius 2 is 0.776 bits per heavy atom. The minimum Gasteiger partial charge on any atom is -0.429 e. The highest BCUT2D eigenvalue weighted by molar-refractivity contribution is 9.10. The number of benzene rings is 6. The van der Waals surface area contributed by atoms with Crippen molar-refractivity contribution in [2.24, 2.45) is 0 Å². The molecule has 0 amide bonds. The molecule has 0 N–H and O–H groups in total. The highest BCUT2D eigenvalue weighted by atomic mass is 79.9. The largest absolute Gasteiger partial charge is 0.432 e. The van der Waals surface area contributed by atoms with Crippen molar-refractivity contribution in [3.8, 4) is 22.6 Å². The lowest BCUT2D eigenvalue weighted by Gasteiger charge is -2.20. The first-order valence-corrected chi connectivity index (χ1v) is 17.0.